The van der Waals surface area contributed by atoms with Gasteiger partial charge in [0.05, 0.1) is 12.1 Å². The molecule has 6 nitrogen and oxygen atoms in total. The van der Waals surface area contributed by atoms with E-state index in [0.717, 1.165) is 17.9 Å². The number of benzene rings is 1. The fourth-order valence-electron chi connectivity index (χ4n) is 1.85. The van der Waals surface area contributed by atoms with Crippen molar-refractivity contribution in [2.75, 3.05) is 5.32 Å². The Balaban J connectivity index is 2.19. The van der Waals surface area contributed by atoms with Crippen LogP contribution < -0.4 is 5.32 Å². The Labute approximate surface area is 111 Å². The summed E-state index contributed by atoms with van der Waals surface area (Å²) >= 11 is 0. The van der Waals surface area contributed by atoms with Crippen LogP contribution in [0.15, 0.2) is 24.5 Å². The number of aromatic nitrogens is 3. The number of aromatic carboxylic acids is 1. The summed E-state index contributed by atoms with van der Waals surface area (Å²) in [5.41, 5.74) is 1.86. The lowest BCUT2D eigenvalue weighted by molar-refractivity contribution is 0.0698. The SMILES string of the molecule is CCn1cnnc1CNc1cc(C)ccc1C(=O)O. The molecule has 0 amide bonds. The zero-order chi connectivity index (χ0) is 13.8. The number of carboxylic acids is 1. The van der Waals surface area contributed by atoms with Gasteiger partial charge in [-0.3, -0.25) is 0 Å². The number of hydrogen-bond acceptors (Lipinski definition) is 4. The topological polar surface area (TPSA) is 80.0 Å². The highest BCUT2D eigenvalue weighted by atomic mass is 16.4. The van der Waals surface area contributed by atoms with Crippen molar-refractivity contribution in [3.8, 4) is 0 Å². The quantitative estimate of drug-likeness (QED) is 0.858. The highest BCUT2D eigenvalue weighted by molar-refractivity contribution is 5.94. The van der Waals surface area contributed by atoms with Gasteiger partial charge in [-0.15, -0.1) is 10.2 Å². The Bertz CT molecular complexity index is 592. The summed E-state index contributed by atoms with van der Waals surface area (Å²) in [5, 5.41) is 20.1. The molecule has 0 saturated carbocycles. The van der Waals surface area contributed by atoms with Crippen LogP contribution in [-0.4, -0.2) is 25.8 Å². The van der Waals surface area contributed by atoms with E-state index in [1.807, 2.05) is 24.5 Å². The summed E-state index contributed by atoms with van der Waals surface area (Å²) in [5.74, 6) is -0.167. The Morgan fingerprint density at radius 3 is 2.95 bits per heavy atom. The fourth-order valence-corrected chi connectivity index (χ4v) is 1.85. The van der Waals surface area contributed by atoms with Crippen LogP contribution in [0.25, 0.3) is 0 Å². The van der Waals surface area contributed by atoms with E-state index in [4.69, 9.17) is 5.11 Å². The average Bonchev–Trinajstić information content (AvgIpc) is 2.83. The van der Waals surface area contributed by atoms with E-state index < -0.39 is 5.97 Å². The summed E-state index contributed by atoms with van der Waals surface area (Å²) < 4.78 is 1.91. The zero-order valence-electron chi connectivity index (χ0n) is 10.9. The van der Waals surface area contributed by atoms with E-state index in [0.29, 0.717) is 12.2 Å². The van der Waals surface area contributed by atoms with E-state index in [1.165, 1.54) is 0 Å². The second-order valence-electron chi connectivity index (χ2n) is 4.24. The Morgan fingerprint density at radius 2 is 2.26 bits per heavy atom. The molecule has 0 radical (unpaired) electrons. The van der Waals surface area contributed by atoms with Gasteiger partial charge in [-0.2, -0.15) is 0 Å². The van der Waals surface area contributed by atoms with Crippen molar-refractivity contribution in [2.45, 2.75) is 26.9 Å². The molecule has 0 aliphatic rings. The standard InChI is InChI=1S/C13H16N4O2/c1-3-17-8-15-16-12(17)7-14-11-6-9(2)4-5-10(11)13(18)19/h4-6,8,14H,3,7H2,1-2H3,(H,18,19). The fraction of sp³-hybridized carbons (Fsp3) is 0.308. The molecule has 1 aromatic heterocycles. The highest BCUT2D eigenvalue weighted by Gasteiger charge is 2.10. The second-order valence-corrected chi connectivity index (χ2v) is 4.24. The van der Waals surface area contributed by atoms with E-state index >= 15 is 0 Å². The Kier molecular flexibility index (Phi) is 3.79. The molecular formula is C13H16N4O2. The number of carboxylic acid groups (broad SMARTS) is 1. The molecule has 2 rings (SSSR count). The van der Waals surface area contributed by atoms with Crippen molar-refractivity contribution in [2.24, 2.45) is 0 Å². The first-order valence-corrected chi connectivity index (χ1v) is 6.06. The first-order valence-electron chi connectivity index (χ1n) is 6.06. The van der Waals surface area contributed by atoms with E-state index in [-0.39, 0.29) is 5.56 Å². The van der Waals surface area contributed by atoms with Gasteiger partial charge in [-0.25, -0.2) is 4.79 Å². The second kappa shape index (κ2) is 5.51. The van der Waals surface area contributed by atoms with Crippen LogP contribution in [-0.2, 0) is 13.1 Å². The third kappa shape index (κ3) is 2.90. The number of nitrogens with one attached hydrogen (secondary N) is 1. The van der Waals surface area contributed by atoms with Gasteiger partial charge < -0.3 is 15.0 Å². The average molecular weight is 260 g/mol. The van der Waals surface area contributed by atoms with Gasteiger partial charge in [-0.1, -0.05) is 6.07 Å². The van der Waals surface area contributed by atoms with Gasteiger partial charge in [0.15, 0.2) is 5.82 Å². The van der Waals surface area contributed by atoms with Gasteiger partial charge in [0, 0.05) is 12.2 Å². The molecule has 0 unspecified atom stereocenters. The molecule has 2 N–H and O–H groups in total. The Morgan fingerprint density at radius 1 is 1.47 bits per heavy atom. The molecule has 0 bridgehead atoms. The minimum Gasteiger partial charge on any atom is -0.478 e. The first-order chi connectivity index (χ1) is 9.11. The zero-order valence-corrected chi connectivity index (χ0v) is 10.9. The summed E-state index contributed by atoms with van der Waals surface area (Å²) in [6.45, 7) is 5.15. The van der Waals surface area contributed by atoms with Gasteiger partial charge in [0.2, 0.25) is 0 Å². The molecule has 0 atom stereocenters. The third-order valence-corrected chi connectivity index (χ3v) is 2.88. The van der Waals surface area contributed by atoms with Crippen LogP contribution in [0.3, 0.4) is 0 Å². The van der Waals surface area contributed by atoms with Crippen LogP contribution >= 0.6 is 0 Å². The van der Waals surface area contributed by atoms with Gasteiger partial charge in [-0.05, 0) is 31.5 Å². The smallest absolute Gasteiger partial charge is 0.337 e. The maximum atomic E-state index is 11.1. The van der Waals surface area contributed by atoms with Crippen LogP contribution in [0.5, 0.6) is 0 Å². The normalized spacial score (nSPS) is 10.4. The molecule has 2 aromatic rings. The highest BCUT2D eigenvalue weighted by Crippen LogP contribution is 2.18. The summed E-state index contributed by atoms with van der Waals surface area (Å²) in [7, 11) is 0. The predicted octanol–water partition coefficient (Wildman–Crippen LogP) is 1.92. The van der Waals surface area contributed by atoms with E-state index in [2.05, 4.69) is 15.5 Å². The van der Waals surface area contributed by atoms with Crippen molar-refractivity contribution in [3.63, 3.8) is 0 Å². The van der Waals surface area contributed by atoms with Gasteiger partial charge >= 0.3 is 5.97 Å². The third-order valence-electron chi connectivity index (χ3n) is 2.88. The summed E-state index contributed by atoms with van der Waals surface area (Å²) in [6.07, 6.45) is 1.66. The molecule has 0 saturated heterocycles. The predicted molar refractivity (Wildman–Crippen MR) is 71.2 cm³/mol. The lowest BCUT2D eigenvalue weighted by Crippen LogP contribution is -2.10. The number of aryl methyl sites for hydroxylation is 2. The molecular weight excluding hydrogens is 244 g/mol. The van der Waals surface area contributed by atoms with Crippen molar-refractivity contribution in [1.82, 2.24) is 14.8 Å². The van der Waals surface area contributed by atoms with Crippen LogP contribution in [0.2, 0.25) is 0 Å². The molecule has 6 heteroatoms. The summed E-state index contributed by atoms with van der Waals surface area (Å²) in [4.78, 5) is 11.1. The van der Waals surface area contributed by atoms with Crippen molar-refractivity contribution in [1.29, 1.82) is 0 Å². The minimum absolute atomic E-state index is 0.258. The maximum Gasteiger partial charge on any atom is 0.337 e. The number of rotatable bonds is 5. The molecule has 1 aromatic carbocycles. The molecule has 100 valence electrons. The molecule has 0 aliphatic heterocycles. The summed E-state index contributed by atoms with van der Waals surface area (Å²) in [6, 6.07) is 5.20. The van der Waals surface area contributed by atoms with Crippen molar-refractivity contribution < 1.29 is 9.90 Å². The molecule has 19 heavy (non-hydrogen) atoms. The number of nitrogens with zero attached hydrogens (tertiary/aromatic N) is 3. The lowest BCUT2D eigenvalue weighted by Gasteiger charge is -2.10. The van der Waals surface area contributed by atoms with E-state index in [9.17, 15) is 4.79 Å². The van der Waals surface area contributed by atoms with E-state index in [1.54, 1.807) is 18.5 Å². The van der Waals surface area contributed by atoms with Crippen molar-refractivity contribution >= 4 is 11.7 Å². The lowest BCUT2D eigenvalue weighted by atomic mass is 10.1. The molecule has 1 heterocycles. The van der Waals surface area contributed by atoms with Crippen LogP contribution in [0.4, 0.5) is 5.69 Å². The van der Waals surface area contributed by atoms with Gasteiger partial charge in [0.1, 0.15) is 6.33 Å². The van der Waals surface area contributed by atoms with Gasteiger partial charge in [0.25, 0.3) is 0 Å². The van der Waals surface area contributed by atoms with Crippen LogP contribution in [0.1, 0.15) is 28.7 Å². The Hall–Kier alpha value is -2.37. The van der Waals surface area contributed by atoms with Crippen molar-refractivity contribution in [3.05, 3.63) is 41.5 Å². The monoisotopic (exact) mass is 260 g/mol. The number of hydrogen-bond donors (Lipinski definition) is 2. The first kappa shape index (κ1) is 13.1. The molecule has 0 fully saturated rings. The number of carbonyl (C=O) groups is 1. The molecule has 0 spiro atoms. The van der Waals surface area contributed by atoms with Crippen LogP contribution in [0, 0.1) is 6.92 Å². The largest absolute Gasteiger partial charge is 0.478 e. The minimum atomic E-state index is -0.945. The maximum absolute atomic E-state index is 11.1. The number of anilines is 1. The molecule has 0 aliphatic carbocycles.